The maximum absolute atomic E-state index is 8.97. The predicted octanol–water partition coefficient (Wildman–Crippen LogP) is 0.524. The highest BCUT2D eigenvalue weighted by atomic mass is 16.5. The van der Waals surface area contributed by atoms with Crippen LogP contribution in [-0.2, 0) is 4.74 Å². The van der Waals surface area contributed by atoms with E-state index in [2.05, 4.69) is 19.2 Å². The van der Waals surface area contributed by atoms with Crippen molar-refractivity contribution in [3.63, 3.8) is 0 Å². The maximum atomic E-state index is 8.97. The first-order valence-electron chi connectivity index (χ1n) is 4.76. The van der Waals surface area contributed by atoms with Crippen LogP contribution in [0.5, 0.6) is 0 Å². The number of aliphatic hydroxyl groups is 1. The number of nitrogens with one attached hydrogen (secondary N) is 1. The molecule has 1 heterocycles. The largest absolute Gasteiger partial charge is 0.395 e. The van der Waals surface area contributed by atoms with Crippen LogP contribution in [-0.4, -0.2) is 36.5 Å². The number of ether oxygens (including phenoxy) is 1. The fourth-order valence-electron chi connectivity index (χ4n) is 1.55. The van der Waals surface area contributed by atoms with Crippen molar-refractivity contribution in [1.82, 2.24) is 5.32 Å². The topological polar surface area (TPSA) is 41.5 Å². The minimum Gasteiger partial charge on any atom is -0.395 e. The van der Waals surface area contributed by atoms with Gasteiger partial charge in [0.1, 0.15) is 0 Å². The first kappa shape index (κ1) is 9.96. The predicted molar refractivity (Wildman–Crippen MR) is 48.1 cm³/mol. The highest BCUT2D eigenvalue weighted by Crippen LogP contribution is 2.13. The summed E-state index contributed by atoms with van der Waals surface area (Å²) in [5.41, 5.74) is 0. The van der Waals surface area contributed by atoms with Gasteiger partial charge < -0.3 is 15.2 Å². The fourth-order valence-corrected chi connectivity index (χ4v) is 1.55. The Morgan fingerprint density at radius 3 is 2.83 bits per heavy atom. The molecule has 1 aliphatic rings. The first-order chi connectivity index (χ1) is 5.77. The molecular weight excluding hydrogens is 154 g/mol. The molecule has 3 nitrogen and oxygen atoms in total. The molecule has 12 heavy (non-hydrogen) atoms. The van der Waals surface area contributed by atoms with E-state index in [1.54, 1.807) is 0 Å². The summed E-state index contributed by atoms with van der Waals surface area (Å²) < 4.78 is 5.41. The van der Waals surface area contributed by atoms with Crippen molar-refractivity contribution in [1.29, 1.82) is 0 Å². The zero-order chi connectivity index (χ0) is 8.97. The highest BCUT2D eigenvalue weighted by molar-refractivity contribution is 4.82. The molecule has 0 unspecified atom stereocenters. The van der Waals surface area contributed by atoms with E-state index in [1.807, 2.05) is 0 Å². The molecule has 0 aromatic rings. The molecule has 0 saturated carbocycles. The van der Waals surface area contributed by atoms with Gasteiger partial charge in [-0.3, -0.25) is 0 Å². The van der Waals surface area contributed by atoms with Gasteiger partial charge >= 0.3 is 0 Å². The lowest BCUT2D eigenvalue weighted by molar-refractivity contribution is 0.107. The summed E-state index contributed by atoms with van der Waals surface area (Å²) in [5.74, 6) is 0. The average Bonchev–Trinajstić information content (AvgIpc) is 2.47. The Morgan fingerprint density at radius 1 is 1.67 bits per heavy atom. The third kappa shape index (κ3) is 2.44. The molecule has 1 fully saturated rings. The van der Waals surface area contributed by atoms with E-state index in [9.17, 15) is 0 Å². The standard InChI is InChI=1S/C9H19NO2/c1-3-8(6-11)10-9-4-5-12-7(9)2/h7-11H,3-6H2,1-2H3/t7-,8+,9+/m1/s1. The summed E-state index contributed by atoms with van der Waals surface area (Å²) in [4.78, 5) is 0. The van der Waals surface area contributed by atoms with Crippen molar-refractivity contribution < 1.29 is 9.84 Å². The van der Waals surface area contributed by atoms with Crippen LogP contribution in [0.3, 0.4) is 0 Å². The van der Waals surface area contributed by atoms with Gasteiger partial charge in [-0.15, -0.1) is 0 Å². The fraction of sp³-hybridized carbons (Fsp3) is 1.00. The van der Waals surface area contributed by atoms with Crippen LogP contribution in [0.1, 0.15) is 26.7 Å². The minimum absolute atomic E-state index is 0.222. The van der Waals surface area contributed by atoms with Crippen molar-refractivity contribution in [2.24, 2.45) is 0 Å². The average molecular weight is 173 g/mol. The molecule has 0 aromatic heterocycles. The van der Waals surface area contributed by atoms with Crippen LogP contribution in [0.25, 0.3) is 0 Å². The maximum Gasteiger partial charge on any atom is 0.0700 e. The normalized spacial score (nSPS) is 32.2. The molecule has 0 spiro atoms. The highest BCUT2D eigenvalue weighted by Gasteiger charge is 2.25. The van der Waals surface area contributed by atoms with Crippen molar-refractivity contribution in [2.45, 2.75) is 44.9 Å². The van der Waals surface area contributed by atoms with Crippen molar-refractivity contribution in [2.75, 3.05) is 13.2 Å². The lowest BCUT2D eigenvalue weighted by Gasteiger charge is -2.21. The molecule has 0 radical (unpaired) electrons. The van der Waals surface area contributed by atoms with Gasteiger partial charge in [-0.05, 0) is 19.8 Å². The third-order valence-corrected chi connectivity index (χ3v) is 2.54. The number of rotatable bonds is 4. The second-order valence-corrected chi connectivity index (χ2v) is 3.43. The lowest BCUT2D eigenvalue weighted by Crippen LogP contribution is -2.43. The van der Waals surface area contributed by atoms with E-state index >= 15 is 0 Å². The van der Waals surface area contributed by atoms with Gasteiger partial charge in [0.05, 0.1) is 12.7 Å². The molecule has 72 valence electrons. The van der Waals surface area contributed by atoms with Crippen LogP contribution in [0.15, 0.2) is 0 Å². The van der Waals surface area contributed by atoms with Gasteiger partial charge in [0.2, 0.25) is 0 Å². The Kier molecular flexibility index (Phi) is 3.98. The van der Waals surface area contributed by atoms with Crippen molar-refractivity contribution in [3.8, 4) is 0 Å². The number of aliphatic hydroxyl groups excluding tert-OH is 1. The summed E-state index contributed by atoms with van der Waals surface area (Å²) in [6.45, 7) is 5.23. The summed E-state index contributed by atoms with van der Waals surface area (Å²) in [6, 6.07) is 0.668. The summed E-state index contributed by atoms with van der Waals surface area (Å²) >= 11 is 0. The smallest absolute Gasteiger partial charge is 0.0700 e. The number of hydrogen-bond acceptors (Lipinski definition) is 3. The van der Waals surface area contributed by atoms with E-state index in [1.165, 1.54) is 0 Å². The monoisotopic (exact) mass is 173 g/mol. The zero-order valence-corrected chi connectivity index (χ0v) is 7.92. The molecule has 1 rings (SSSR count). The van der Waals surface area contributed by atoms with E-state index in [0.717, 1.165) is 19.4 Å². The Hall–Kier alpha value is -0.120. The second kappa shape index (κ2) is 4.80. The molecule has 0 amide bonds. The lowest BCUT2D eigenvalue weighted by atomic mass is 10.1. The Labute approximate surface area is 74.1 Å². The molecule has 0 bridgehead atoms. The van der Waals surface area contributed by atoms with Gasteiger partial charge in [-0.25, -0.2) is 0 Å². The van der Waals surface area contributed by atoms with Gasteiger partial charge in [-0.1, -0.05) is 6.92 Å². The second-order valence-electron chi connectivity index (χ2n) is 3.43. The molecule has 3 heteroatoms. The molecular formula is C9H19NO2. The van der Waals surface area contributed by atoms with Crippen LogP contribution in [0, 0.1) is 0 Å². The molecule has 2 N–H and O–H groups in total. The summed E-state index contributed by atoms with van der Waals surface area (Å²) in [6.07, 6.45) is 2.34. The third-order valence-electron chi connectivity index (χ3n) is 2.54. The van der Waals surface area contributed by atoms with Gasteiger partial charge in [0.15, 0.2) is 0 Å². The molecule has 3 atom stereocenters. The molecule has 0 aliphatic carbocycles. The molecule has 0 aromatic carbocycles. The van der Waals surface area contributed by atoms with Gasteiger partial charge in [0.25, 0.3) is 0 Å². The van der Waals surface area contributed by atoms with E-state index in [0.29, 0.717) is 12.1 Å². The molecule has 1 aliphatic heterocycles. The van der Waals surface area contributed by atoms with Crippen molar-refractivity contribution in [3.05, 3.63) is 0 Å². The molecule has 1 saturated heterocycles. The van der Waals surface area contributed by atoms with Crippen LogP contribution >= 0.6 is 0 Å². The Bertz CT molecular complexity index is 126. The van der Waals surface area contributed by atoms with Crippen LogP contribution in [0.4, 0.5) is 0 Å². The quantitative estimate of drug-likeness (QED) is 0.651. The van der Waals surface area contributed by atoms with E-state index < -0.39 is 0 Å². The Morgan fingerprint density at radius 2 is 2.42 bits per heavy atom. The Balaban J connectivity index is 2.28. The van der Waals surface area contributed by atoms with Crippen LogP contribution < -0.4 is 5.32 Å². The SMILES string of the molecule is CC[C@@H](CO)N[C@H]1CCO[C@@H]1C. The van der Waals surface area contributed by atoms with Crippen LogP contribution in [0.2, 0.25) is 0 Å². The summed E-state index contributed by atoms with van der Waals surface area (Å²) in [5, 5.41) is 12.4. The number of hydrogen-bond donors (Lipinski definition) is 2. The van der Waals surface area contributed by atoms with Gasteiger partial charge in [-0.2, -0.15) is 0 Å². The minimum atomic E-state index is 0.222. The van der Waals surface area contributed by atoms with E-state index in [-0.39, 0.29) is 12.6 Å². The van der Waals surface area contributed by atoms with Gasteiger partial charge in [0, 0.05) is 18.7 Å². The summed E-state index contributed by atoms with van der Waals surface area (Å²) in [7, 11) is 0. The zero-order valence-electron chi connectivity index (χ0n) is 7.92. The first-order valence-corrected chi connectivity index (χ1v) is 4.76. The van der Waals surface area contributed by atoms with E-state index in [4.69, 9.17) is 9.84 Å². The van der Waals surface area contributed by atoms with Crippen molar-refractivity contribution >= 4 is 0 Å².